The summed E-state index contributed by atoms with van der Waals surface area (Å²) in [4.78, 5) is 25.9. The predicted molar refractivity (Wildman–Crippen MR) is 110 cm³/mol. The van der Waals surface area contributed by atoms with E-state index in [1.165, 1.54) is 11.3 Å². The van der Waals surface area contributed by atoms with Crippen LogP contribution in [0.2, 0.25) is 0 Å². The van der Waals surface area contributed by atoms with E-state index in [-0.39, 0.29) is 18.2 Å². The van der Waals surface area contributed by atoms with Crippen molar-refractivity contribution < 1.29 is 9.59 Å². The topological polar surface area (TPSA) is 58.2 Å². The van der Waals surface area contributed by atoms with Gasteiger partial charge >= 0.3 is 0 Å². The van der Waals surface area contributed by atoms with Gasteiger partial charge in [-0.3, -0.25) is 9.59 Å². The van der Waals surface area contributed by atoms with Gasteiger partial charge < -0.3 is 10.6 Å². The Morgan fingerprint density at radius 2 is 1.73 bits per heavy atom. The average Bonchev–Trinajstić information content (AvgIpc) is 3.14. The van der Waals surface area contributed by atoms with Crippen LogP contribution in [-0.2, 0) is 11.2 Å². The summed E-state index contributed by atoms with van der Waals surface area (Å²) in [5, 5.41) is 5.51. The third kappa shape index (κ3) is 4.39. The van der Waals surface area contributed by atoms with Crippen LogP contribution >= 0.6 is 27.3 Å². The van der Waals surface area contributed by atoms with E-state index in [0.717, 1.165) is 20.5 Å². The maximum Gasteiger partial charge on any atom is 0.265 e. The second-order valence-electron chi connectivity index (χ2n) is 5.63. The summed E-state index contributed by atoms with van der Waals surface area (Å²) in [5.41, 5.74) is 2.50. The summed E-state index contributed by atoms with van der Waals surface area (Å²) in [6, 6.07) is 19.1. The molecule has 4 nitrogen and oxygen atoms in total. The molecule has 0 saturated heterocycles. The maximum absolute atomic E-state index is 12.6. The fourth-order valence-corrected chi connectivity index (χ4v) is 3.64. The van der Waals surface area contributed by atoms with Crippen molar-refractivity contribution in [2.24, 2.45) is 0 Å². The van der Waals surface area contributed by atoms with Gasteiger partial charge in [0.25, 0.3) is 5.91 Å². The minimum atomic E-state index is -0.178. The Hall–Kier alpha value is -2.44. The lowest BCUT2D eigenvalue weighted by Crippen LogP contribution is -2.21. The Bertz CT molecular complexity index is 935. The first-order valence-corrected chi connectivity index (χ1v) is 9.63. The molecular formula is C20H17BrN2O2S. The monoisotopic (exact) mass is 428 g/mol. The zero-order valence-corrected chi connectivity index (χ0v) is 16.5. The molecule has 132 valence electrons. The van der Waals surface area contributed by atoms with Crippen molar-refractivity contribution in [3.05, 3.63) is 75.6 Å². The van der Waals surface area contributed by atoms with Crippen LogP contribution < -0.4 is 10.6 Å². The van der Waals surface area contributed by atoms with Gasteiger partial charge in [0.2, 0.25) is 5.91 Å². The van der Waals surface area contributed by atoms with Crippen LogP contribution in [0.1, 0.15) is 15.2 Å². The number of para-hydroxylation sites is 1. The van der Waals surface area contributed by atoms with Gasteiger partial charge in [0.1, 0.15) is 0 Å². The van der Waals surface area contributed by atoms with E-state index < -0.39 is 0 Å². The van der Waals surface area contributed by atoms with Crippen LogP contribution in [-0.4, -0.2) is 18.9 Å². The summed E-state index contributed by atoms with van der Waals surface area (Å²) >= 11 is 4.86. The molecule has 0 atom stereocenters. The molecule has 2 N–H and O–H groups in total. The highest BCUT2D eigenvalue weighted by molar-refractivity contribution is 9.10. The van der Waals surface area contributed by atoms with Crippen molar-refractivity contribution in [2.75, 3.05) is 12.4 Å². The van der Waals surface area contributed by atoms with Crippen molar-refractivity contribution in [3.63, 3.8) is 0 Å². The van der Waals surface area contributed by atoms with E-state index in [9.17, 15) is 9.59 Å². The second kappa shape index (κ2) is 8.29. The number of carbonyl (C=O) groups excluding carboxylic acids is 2. The highest BCUT2D eigenvalue weighted by atomic mass is 79.9. The Balaban J connectivity index is 1.77. The van der Waals surface area contributed by atoms with E-state index in [2.05, 4.69) is 26.6 Å². The van der Waals surface area contributed by atoms with Crippen LogP contribution in [0.25, 0.3) is 10.4 Å². The van der Waals surface area contributed by atoms with Crippen molar-refractivity contribution in [1.82, 2.24) is 5.32 Å². The minimum Gasteiger partial charge on any atom is -0.359 e. The van der Waals surface area contributed by atoms with Gasteiger partial charge in [-0.1, -0.05) is 46.3 Å². The molecule has 0 aliphatic carbocycles. The Labute approximate surface area is 164 Å². The summed E-state index contributed by atoms with van der Waals surface area (Å²) in [5.74, 6) is -0.275. The third-order valence-electron chi connectivity index (χ3n) is 3.85. The Morgan fingerprint density at radius 1 is 1.00 bits per heavy atom. The SMILES string of the molecule is CNC(=O)Cc1ccccc1NC(=O)c1ccc(-c2ccc(Br)cc2)s1. The zero-order chi connectivity index (χ0) is 18.5. The number of hydrogen-bond acceptors (Lipinski definition) is 3. The molecule has 1 aromatic heterocycles. The van der Waals surface area contributed by atoms with Crippen LogP contribution in [0.15, 0.2) is 65.1 Å². The smallest absolute Gasteiger partial charge is 0.265 e. The van der Waals surface area contributed by atoms with Crippen LogP contribution in [0.5, 0.6) is 0 Å². The second-order valence-corrected chi connectivity index (χ2v) is 7.63. The zero-order valence-electron chi connectivity index (χ0n) is 14.1. The lowest BCUT2D eigenvalue weighted by Gasteiger charge is -2.09. The molecule has 3 rings (SSSR count). The summed E-state index contributed by atoms with van der Waals surface area (Å²) in [6.07, 6.45) is 0.224. The third-order valence-corrected chi connectivity index (χ3v) is 5.52. The fourth-order valence-electron chi connectivity index (χ4n) is 2.47. The van der Waals surface area contributed by atoms with Gasteiger partial charge in [0.15, 0.2) is 0 Å². The molecule has 0 aliphatic rings. The standard InChI is InChI=1S/C20H17BrN2O2S/c1-22-19(24)12-14-4-2-3-5-16(14)23-20(25)18-11-10-17(26-18)13-6-8-15(21)9-7-13/h2-11H,12H2,1H3,(H,22,24)(H,23,25). The number of halogens is 1. The molecule has 1 heterocycles. The van der Waals surface area contributed by atoms with Crippen molar-refractivity contribution in [2.45, 2.75) is 6.42 Å². The predicted octanol–water partition coefficient (Wildman–Crippen LogP) is 4.72. The Morgan fingerprint density at radius 3 is 2.46 bits per heavy atom. The van der Waals surface area contributed by atoms with Crippen molar-refractivity contribution in [1.29, 1.82) is 0 Å². The van der Waals surface area contributed by atoms with Crippen molar-refractivity contribution in [3.8, 4) is 10.4 Å². The minimum absolute atomic E-state index is 0.0969. The van der Waals surface area contributed by atoms with Crippen LogP contribution in [0.3, 0.4) is 0 Å². The normalized spacial score (nSPS) is 10.4. The summed E-state index contributed by atoms with van der Waals surface area (Å²) < 4.78 is 1.02. The molecule has 0 radical (unpaired) electrons. The van der Waals surface area contributed by atoms with Crippen LogP contribution in [0, 0.1) is 0 Å². The average molecular weight is 429 g/mol. The van der Waals surface area contributed by atoms with Gasteiger partial charge in [0, 0.05) is 22.1 Å². The number of benzene rings is 2. The number of amides is 2. The molecule has 0 spiro atoms. The summed E-state index contributed by atoms with van der Waals surface area (Å²) in [7, 11) is 1.60. The molecule has 0 saturated carbocycles. The number of rotatable bonds is 5. The van der Waals surface area contributed by atoms with E-state index in [1.807, 2.05) is 54.6 Å². The number of carbonyl (C=O) groups is 2. The van der Waals surface area contributed by atoms with E-state index in [0.29, 0.717) is 10.6 Å². The number of anilines is 1. The quantitative estimate of drug-likeness (QED) is 0.617. The fraction of sp³-hybridized carbons (Fsp3) is 0.100. The highest BCUT2D eigenvalue weighted by Crippen LogP contribution is 2.29. The first kappa shape index (κ1) is 18.4. The van der Waals surface area contributed by atoms with Gasteiger partial charge in [-0.2, -0.15) is 0 Å². The Kier molecular flexibility index (Phi) is 5.85. The molecule has 2 aromatic carbocycles. The molecule has 3 aromatic rings. The van der Waals surface area contributed by atoms with Gasteiger partial charge in [0.05, 0.1) is 11.3 Å². The lowest BCUT2D eigenvalue weighted by molar-refractivity contribution is -0.119. The molecule has 0 aliphatic heterocycles. The van der Waals surface area contributed by atoms with E-state index in [4.69, 9.17) is 0 Å². The van der Waals surface area contributed by atoms with Gasteiger partial charge in [-0.15, -0.1) is 11.3 Å². The molecule has 6 heteroatoms. The molecule has 0 bridgehead atoms. The van der Waals surface area contributed by atoms with Gasteiger partial charge in [-0.25, -0.2) is 0 Å². The maximum atomic E-state index is 12.6. The van der Waals surface area contributed by atoms with Crippen LogP contribution in [0.4, 0.5) is 5.69 Å². The lowest BCUT2D eigenvalue weighted by atomic mass is 10.1. The number of hydrogen-bond donors (Lipinski definition) is 2. The van der Waals surface area contributed by atoms with E-state index in [1.54, 1.807) is 13.1 Å². The molecular weight excluding hydrogens is 412 g/mol. The number of likely N-dealkylation sites (N-methyl/N-ethyl adjacent to an activating group) is 1. The molecule has 2 amide bonds. The molecule has 26 heavy (non-hydrogen) atoms. The largest absolute Gasteiger partial charge is 0.359 e. The molecule has 0 unspecified atom stereocenters. The van der Waals surface area contributed by atoms with Gasteiger partial charge in [-0.05, 0) is 41.5 Å². The first-order valence-electron chi connectivity index (χ1n) is 8.02. The highest BCUT2D eigenvalue weighted by Gasteiger charge is 2.13. The summed E-state index contributed by atoms with van der Waals surface area (Å²) in [6.45, 7) is 0. The number of thiophene rings is 1. The first-order chi connectivity index (χ1) is 12.6. The van der Waals surface area contributed by atoms with Crippen molar-refractivity contribution >= 4 is 44.8 Å². The van der Waals surface area contributed by atoms with E-state index >= 15 is 0 Å². The molecule has 0 fully saturated rings. The number of nitrogens with one attached hydrogen (secondary N) is 2.